The summed E-state index contributed by atoms with van der Waals surface area (Å²) in [6, 6.07) is 4.28. The van der Waals surface area contributed by atoms with Crippen LogP contribution in [0.4, 0.5) is 14.5 Å². The molecule has 0 radical (unpaired) electrons. The molecule has 0 spiro atoms. The standard InChI is InChI=1S/C21H25F2N3O2/c1-13-3-6-19-20(26(13)14(2)27)8-7-18(21(19)28-17(9-22)10-23)15-11-24-25(12-15)16-4-5-16/h7-8,11-13,16-17H,3-6,9-10H2,1-2H3. The van der Waals surface area contributed by atoms with Gasteiger partial charge in [0.1, 0.15) is 19.1 Å². The molecular weight excluding hydrogens is 364 g/mol. The van der Waals surface area contributed by atoms with Gasteiger partial charge in [0, 0.05) is 35.9 Å². The van der Waals surface area contributed by atoms with Crippen molar-refractivity contribution in [2.45, 2.75) is 57.7 Å². The Hall–Kier alpha value is -2.44. The monoisotopic (exact) mass is 389 g/mol. The van der Waals surface area contributed by atoms with Crippen molar-refractivity contribution in [3.05, 3.63) is 30.1 Å². The molecule has 4 rings (SSSR count). The first-order valence-electron chi connectivity index (χ1n) is 9.82. The molecule has 2 aliphatic rings. The molecule has 1 aromatic carbocycles. The van der Waals surface area contributed by atoms with Crippen LogP contribution >= 0.6 is 0 Å². The fourth-order valence-electron chi connectivity index (χ4n) is 3.93. The number of hydrogen-bond donors (Lipinski definition) is 0. The second kappa shape index (κ2) is 7.53. The number of carbonyl (C=O) groups excluding carboxylic acids is 1. The molecule has 1 aliphatic heterocycles. The molecule has 2 aromatic rings. The number of hydrogen-bond acceptors (Lipinski definition) is 3. The molecule has 0 N–H and O–H groups in total. The predicted octanol–water partition coefficient (Wildman–Crippen LogP) is 4.26. The molecule has 1 aliphatic carbocycles. The quantitative estimate of drug-likeness (QED) is 0.742. The summed E-state index contributed by atoms with van der Waals surface area (Å²) in [7, 11) is 0. The maximum Gasteiger partial charge on any atom is 0.224 e. The number of carbonyl (C=O) groups is 1. The van der Waals surface area contributed by atoms with Crippen LogP contribution in [0.5, 0.6) is 5.75 Å². The van der Waals surface area contributed by atoms with Gasteiger partial charge in [-0.25, -0.2) is 8.78 Å². The summed E-state index contributed by atoms with van der Waals surface area (Å²) in [5.41, 5.74) is 3.21. The van der Waals surface area contributed by atoms with Crippen molar-refractivity contribution in [1.82, 2.24) is 9.78 Å². The van der Waals surface area contributed by atoms with E-state index in [1.807, 2.05) is 29.9 Å². The van der Waals surface area contributed by atoms with E-state index in [9.17, 15) is 13.6 Å². The highest BCUT2D eigenvalue weighted by Gasteiger charge is 2.31. The third kappa shape index (κ3) is 3.38. The van der Waals surface area contributed by atoms with Crippen molar-refractivity contribution in [2.24, 2.45) is 0 Å². The molecule has 2 heterocycles. The third-order valence-electron chi connectivity index (χ3n) is 5.55. The second-order valence-electron chi connectivity index (χ2n) is 7.71. The van der Waals surface area contributed by atoms with Crippen LogP contribution in [0.25, 0.3) is 11.1 Å². The van der Waals surface area contributed by atoms with Gasteiger partial charge in [-0.3, -0.25) is 9.48 Å². The molecule has 1 aromatic heterocycles. The Morgan fingerprint density at radius 2 is 2.04 bits per heavy atom. The lowest BCUT2D eigenvalue weighted by atomic mass is 9.92. The maximum atomic E-state index is 13.2. The molecule has 1 unspecified atom stereocenters. The summed E-state index contributed by atoms with van der Waals surface area (Å²) in [6.07, 6.45) is 6.25. The predicted molar refractivity (Wildman–Crippen MR) is 103 cm³/mol. The van der Waals surface area contributed by atoms with Gasteiger partial charge >= 0.3 is 0 Å². The summed E-state index contributed by atoms with van der Waals surface area (Å²) in [5, 5.41) is 4.43. The molecule has 150 valence electrons. The van der Waals surface area contributed by atoms with Crippen molar-refractivity contribution in [3.63, 3.8) is 0 Å². The van der Waals surface area contributed by atoms with E-state index in [4.69, 9.17) is 4.74 Å². The van der Waals surface area contributed by atoms with Crippen molar-refractivity contribution < 1.29 is 18.3 Å². The molecule has 1 atom stereocenters. The van der Waals surface area contributed by atoms with Crippen LogP contribution < -0.4 is 9.64 Å². The van der Waals surface area contributed by atoms with Gasteiger partial charge in [0.05, 0.1) is 17.9 Å². The smallest absolute Gasteiger partial charge is 0.224 e. The van der Waals surface area contributed by atoms with Crippen molar-refractivity contribution in [1.29, 1.82) is 0 Å². The van der Waals surface area contributed by atoms with Crippen LogP contribution in [0.3, 0.4) is 0 Å². The number of anilines is 1. The van der Waals surface area contributed by atoms with Crippen LogP contribution in [-0.2, 0) is 11.2 Å². The number of rotatable bonds is 6. The van der Waals surface area contributed by atoms with E-state index < -0.39 is 19.5 Å². The van der Waals surface area contributed by atoms with E-state index in [0.717, 1.165) is 41.6 Å². The van der Waals surface area contributed by atoms with E-state index in [1.165, 1.54) is 6.92 Å². The first-order valence-corrected chi connectivity index (χ1v) is 9.82. The molecular formula is C21H25F2N3O2. The normalized spacial score (nSPS) is 19.0. The van der Waals surface area contributed by atoms with Gasteiger partial charge in [-0.1, -0.05) is 0 Å². The van der Waals surface area contributed by atoms with Gasteiger partial charge in [-0.15, -0.1) is 0 Å². The fraction of sp³-hybridized carbons (Fsp3) is 0.524. The number of aromatic nitrogens is 2. The number of amides is 1. The summed E-state index contributed by atoms with van der Waals surface area (Å²) >= 11 is 0. The molecule has 7 heteroatoms. The summed E-state index contributed by atoms with van der Waals surface area (Å²) in [6.45, 7) is 1.72. The van der Waals surface area contributed by atoms with E-state index in [2.05, 4.69) is 5.10 Å². The van der Waals surface area contributed by atoms with Crippen LogP contribution in [0, 0.1) is 0 Å². The highest BCUT2D eigenvalue weighted by molar-refractivity contribution is 5.95. The maximum absolute atomic E-state index is 13.2. The minimum atomic E-state index is -1.16. The number of nitrogens with zero attached hydrogens (tertiary/aromatic N) is 3. The first kappa shape index (κ1) is 18.9. The average Bonchev–Trinajstić information content (AvgIpc) is 3.42. The topological polar surface area (TPSA) is 47.4 Å². The van der Waals surface area contributed by atoms with Crippen molar-refractivity contribution >= 4 is 11.6 Å². The molecule has 1 saturated carbocycles. The zero-order valence-electron chi connectivity index (χ0n) is 16.2. The number of halogens is 2. The minimum Gasteiger partial charge on any atom is -0.484 e. The zero-order valence-corrected chi connectivity index (χ0v) is 16.2. The summed E-state index contributed by atoms with van der Waals surface area (Å²) < 4.78 is 34.3. The Bertz CT molecular complexity index is 875. The van der Waals surface area contributed by atoms with Crippen LogP contribution in [0.15, 0.2) is 24.5 Å². The summed E-state index contributed by atoms with van der Waals surface area (Å²) in [4.78, 5) is 13.9. The van der Waals surface area contributed by atoms with Gasteiger partial charge in [0.25, 0.3) is 0 Å². The lowest BCUT2D eigenvalue weighted by Crippen LogP contribution is -2.41. The molecule has 28 heavy (non-hydrogen) atoms. The second-order valence-corrected chi connectivity index (χ2v) is 7.71. The number of alkyl halides is 2. The van der Waals surface area contributed by atoms with E-state index in [-0.39, 0.29) is 11.9 Å². The summed E-state index contributed by atoms with van der Waals surface area (Å²) in [5.74, 6) is 0.410. The van der Waals surface area contributed by atoms with Gasteiger partial charge < -0.3 is 9.64 Å². The number of ether oxygens (including phenoxy) is 1. The van der Waals surface area contributed by atoms with Crippen molar-refractivity contribution in [2.75, 3.05) is 18.2 Å². The molecule has 0 bridgehead atoms. The van der Waals surface area contributed by atoms with Gasteiger partial charge in [0.15, 0.2) is 6.10 Å². The third-order valence-corrected chi connectivity index (χ3v) is 5.55. The van der Waals surface area contributed by atoms with E-state index in [0.29, 0.717) is 18.2 Å². The molecule has 0 saturated heterocycles. The van der Waals surface area contributed by atoms with Crippen molar-refractivity contribution in [3.8, 4) is 16.9 Å². The van der Waals surface area contributed by atoms with Gasteiger partial charge in [-0.05, 0) is 44.7 Å². The molecule has 1 amide bonds. The van der Waals surface area contributed by atoms with Gasteiger partial charge in [0.2, 0.25) is 5.91 Å². The lowest BCUT2D eigenvalue weighted by Gasteiger charge is -2.36. The SMILES string of the molecule is CC(=O)N1c2ccc(-c3cnn(C4CC4)c3)c(OC(CF)CF)c2CCC1C. The minimum absolute atomic E-state index is 0.0544. The Morgan fingerprint density at radius 3 is 2.68 bits per heavy atom. The van der Waals surface area contributed by atoms with E-state index >= 15 is 0 Å². The van der Waals surface area contributed by atoms with Crippen LogP contribution in [0.1, 0.15) is 44.7 Å². The highest BCUT2D eigenvalue weighted by atomic mass is 19.1. The van der Waals surface area contributed by atoms with E-state index in [1.54, 1.807) is 11.1 Å². The van der Waals surface area contributed by atoms with Crippen LogP contribution in [-0.4, -0.2) is 41.2 Å². The molecule has 1 fully saturated rings. The highest BCUT2D eigenvalue weighted by Crippen LogP contribution is 2.44. The Labute approximate surface area is 163 Å². The Kier molecular flexibility index (Phi) is 5.08. The Morgan fingerprint density at radius 1 is 1.29 bits per heavy atom. The average molecular weight is 389 g/mol. The number of fused-ring (bicyclic) bond motifs is 1. The largest absolute Gasteiger partial charge is 0.484 e. The molecule has 5 nitrogen and oxygen atoms in total. The zero-order chi connectivity index (χ0) is 19.8. The first-order chi connectivity index (χ1) is 13.5. The lowest BCUT2D eigenvalue weighted by molar-refractivity contribution is -0.117. The van der Waals surface area contributed by atoms with Crippen LogP contribution in [0.2, 0.25) is 0 Å². The number of benzene rings is 1. The van der Waals surface area contributed by atoms with Gasteiger partial charge in [-0.2, -0.15) is 5.10 Å². The Balaban J connectivity index is 1.82. The fourth-order valence-corrected chi connectivity index (χ4v) is 3.93.